The third kappa shape index (κ3) is 7.92. The number of rotatable bonds is 12. The molecular weight excluding hydrogens is 444 g/mol. The van der Waals surface area contributed by atoms with E-state index in [0.29, 0.717) is 18.9 Å². The van der Waals surface area contributed by atoms with Crippen LogP contribution in [0.1, 0.15) is 52.0 Å². The highest BCUT2D eigenvalue weighted by Gasteiger charge is 2.31. The lowest BCUT2D eigenvalue weighted by Crippen LogP contribution is -2.49. The maximum atomic E-state index is 10.3. The number of nitrogens with zero attached hydrogens (tertiary/aromatic N) is 2. The van der Waals surface area contributed by atoms with Crippen molar-refractivity contribution in [1.29, 1.82) is 0 Å². The average Bonchev–Trinajstić information content (AvgIpc) is 3.73. The fourth-order valence-electron chi connectivity index (χ4n) is 4.90. The molecule has 0 aromatic heterocycles. The number of phenolic OH excluding ortho intramolecular Hbond substituents is 1. The third-order valence-electron chi connectivity index (χ3n) is 7.15. The lowest BCUT2D eigenvalue weighted by Gasteiger charge is -2.37. The molecule has 36 heavy (non-hydrogen) atoms. The molecule has 1 aliphatic carbocycles. The van der Waals surface area contributed by atoms with Gasteiger partial charge in [-0.1, -0.05) is 61.2 Å². The average molecular weight is 489 g/mol. The lowest BCUT2D eigenvalue weighted by molar-refractivity contribution is 0.112. The van der Waals surface area contributed by atoms with E-state index in [2.05, 4.69) is 48.5 Å². The molecule has 1 saturated carbocycles. The second kappa shape index (κ2) is 14.2. The van der Waals surface area contributed by atoms with Crippen LogP contribution in [0.4, 0.5) is 0 Å². The minimum atomic E-state index is 0.119. The topological polar surface area (TPSA) is 46.9 Å². The molecule has 4 nitrogen and oxygen atoms in total. The molecular formula is C32H44N2O2. The van der Waals surface area contributed by atoms with Gasteiger partial charge in [-0.25, -0.2) is 0 Å². The van der Waals surface area contributed by atoms with Crippen molar-refractivity contribution < 1.29 is 10.2 Å². The van der Waals surface area contributed by atoms with E-state index in [0.717, 1.165) is 60.1 Å². The van der Waals surface area contributed by atoms with Gasteiger partial charge in [0.25, 0.3) is 0 Å². The van der Waals surface area contributed by atoms with Gasteiger partial charge in [-0.2, -0.15) is 0 Å². The van der Waals surface area contributed by atoms with Gasteiger partial charge in [0.1, 0.15) is 5.75 Å². The Bertz CT molecular complexity index is 1020. The minimum Gasteiger partial charge on any atom is -0.508 e. The molecule has 4 heteroatoms. The molecule has 1 heterocycles. The summed E-state index contributed by atoms with van der Waals surface area (Å²) in [6.45, 7) is 15.4. The lowest BCUT2D eigenvalue weighted by atomic mass is 9.86. The van der Waals surface area contributed by atoms with Crippen LogP contribution < -0.4 is 0 Å². The van der Waals surface area contributed by atoms with Crippen LogP contribution in [0, 0.1) is 0 Å². The van der Waals surface area contributed by atoms with E-state index in [1.807, 2.05) is 49.4 Å². The molecule has 0 amide bonds. The molecule has 1 aromatic carbocycles. The fourth-order valence-corrected chi connectivity index (χ4v) is 4.90. The van der Waals surface area contributed by atoms with Gasteiger partial charge in [0.05, 0.1) is 0 Å². The smallest absolute Gasteiger partial charge is 0.116 e. The van der Waals surface area contributed by atoms with Crippen LogP contribution in [0.3, 0.4) is 0 Å². The van der Waals surface area contributed by atoms with Crippen molar-refractivity contribution in [3.05, 3.63) is 95.7 Å². The summed E-state index contributed by atoms with van der Waals surface area (Å²) in [6, 6.07) is 8.61. The molecule has 3 rings (SSSR count). The highest BCUT2D eigenvalue weighted by atomic mass is 16.3. The summed E-state index contributed by atoms with van der Waals surface area (Å²) in [6.07, 6.45) is 18.7. The van der Waals surface area contributed by atoms with Crippen molar-refractivity contribution >= 4 is 5.57 Å². The normalized spacial score (nSPS) is 19.9. The number of aromatic hydroxyl groups is 1. The van der Waals surface area contributed by atoms with Crippen LogP contribution >= 0.6 is 0 Å². The van der Waals surface area contributed by atoms with E-state index in [9.17, 15) is 10.2 Å². The predicted molar refractivity (Wildman–Crippen MR) is 153 cm³/mol. The zero-order valence-corrected chi connectivity index (χ0v) is 22.4. The zero-order valence-electron chi connectivity index (χ0n) is 22.4. The first-order chi connectivity index (χ1) is 17.5. The van der Waals surface area contributed by atoms with Crippen molar-refractivity contribution in [1.82, 2.24) is 9.80 Å². The van der Waals surface area contributed by atoms with Gasteiger partial charge in [0.2, 0.25) is 0 Å². The van der Waals surface area contributed by atoms with Gasteiger partial charge in [0.15, 0.2) is 0 Å². The number of hydrogen-bond donors (Lipinski definition) is 2. The van der Waals surface area contributed by atoms with Gasteiger partial charge >= 0.3 is 0 Å². The van der Waals surface area contributed by atoms with Gasteiger partial charge in [0, 0.05) is 44.9 Å². The van der Waals surface area contributed by atoms with Crippen LogP contribution in [0.15, 0.2) is 90.1 Å². The van der Waals surface area contributed by atoms with Gasteiger partial charge in [-0.15, -0.1) is 0 Å². The number of phenols is 1. The van der Waals surface area contributed by atoms with Crippen LogP contribution in [0.25, 0.3) is 5.57 Å². The van der Waals surface area contributed by atoms with Gasteiger partial charge < -0.3 is 10.2 Å². The van der Waals surface area contributed by atoms with Crippen LogP contribution in [0.5, 0.6) is 5.75 Å². The number of aliphatic hydroxyl groups is 1. The Hall–Kier alpha value is -2.66. The first kappa shape index (κ1) is 27.9. The highest BCUT2D eigenvalue weighted by Crippen LogP contribution is 2.35. The molecule has 2 N–H and O–H groups in total. The summed E-state index contributed by atoms with van der Waals surface area (Å²) >= 11 is 0. The molecule has 1 aliphatic heterocycles. The van der Waals surface area contributed by atoms with Crippen molar-refractivity contribution in [2.24, 2.45) is 0 Å². The van der Waals surface area contributed by atoms with Crippen molar-refractivity contribution in [2.45, 2.75) is 58.5 Å². The summed E-state index contributed by atoms with van der Waals surface area (Å²) in [5.41, 5.74) is 5.10. The van der Waals surface area contributed by atoms with E-state index in [1.54, 1.807) is 6.07 Å². The number of benzene rings is 1. The molecule has 0 bridgehead atoms. The molecule has 0 radical (unpaired) electrons. The summed E-state index contributed by atoms with van der Waals surface area (Å²) < 4.78 is 0. The first-order valence-corrected chi connectivity index (χ1v) is 13.4. The van der Waals surface area contributed by atoms with Crippen LogP contribution in [0.2, 0.25) is 0 Å². The standard InChI is InChI=1S/C32H44N2O2/c1-5-7-8-11-25(3)31(14-10-23-35)32(28-12-9-13-30(36)24-28)27(6-2)16-15-26(4)33-19-21-34(22-20-33)29-17-18-29/h5-9,11-13,15-16,24,26,29,35-36H,3,10,14,17-23H2,1-2,4H3/b7-5-,11-8-,16-15-,27-6+,32-31+. The molecule has 1 saturated heterocycles. The Morgan fingerprint density at radius 2 is 1.86 bits per heavy atom. The Balaban J connectivity index is 1.92. The molecule has 1 aromatic rings. The third-order valence-corrected chi connectivity index (χ3v) is 7.15. The molecule has 2 fully saturated rings. The number of aliphatic hydroxyl groups excluding tert-OH is 1. The number of piperazine rings is 1. The Labute approximate surface area is 218 Å². The van der Waals surface area contributed by atoms with Gasteiger partial charge in [-0.05, 0) is 86.4 Å². The van der Waals surface area contributed by atoms with E-state index in [4.69, 9.17) is 0 Å². The first-order valence-electron chi connectivity index (χ1n) is 13.4. The number of allylic oxidation sites excluding steroid dienone is 10. The largest absolute Gasteiger partial charge is 0.508 e. The monoisotopic (exact) mass is 488 g/mol. The Morgan fingerprint density at radius 1 is 1.11 bits per heavy atom. The van der Waals surface area contributed by atoms with Crippen LogP contribution in [-0.2, 0) is 0 Å². The summed E-state index contributed by atoms with van der Waals surface area (Å²) in [5, 5.41) is 19.9. The fraction of sp³-hybridized carbons (Fsp3) is 0.438. The SMILES string of the molecule is C=C(/C=C\C=C/C)\C(CCCO)=C(C(/C=C\C(C)N1CCN(C2CC2)CC1)=C/C)\c1cccc(O)c1. The minimum absolute atomic E-state index is 0.119. The number of hydrogen-bond acceptors (Lipinski definition) is 4. The molecule has 1 atom stereocenters. The van der Waals surface area contributed by atoms with Crippen molar-refractivity contribution in [2.75, 3.05) is 32.8 Å². The van der Waals surface area contributed by atoms with E-state index in [-0.39, 0.29) is 12.4 Å². The highest BCUT2D eigenvalue weighted by molar-refractivity contribution is 5.87. The van der Waals surface area contributed by atoms with Gasteiger partial charge in [-0.3, -0.25) is 9.80 Å². The summed E-state index contributed by atoms with van der Waals surface area (Å²) in [7, 11) is 0. The Kier molecular flexibility index (Phi) is 11.0. The maximum Gasteiger partial charge on any atom is 0.116 e. The quantitative estimate of drug-likeness (QED) is 0.340. The Morgan fingerprint density at radius 3 is 2.47 bits per heavy atom. The van der Waals surface area contributed by atoms with Crippen molar-refractivity contribution in [3.8, 4) is 5.75 Å². The second-order valence-electron chi connectivity index (χ2n) is 9.79. The second-order valence-corrected chi connectivity index (χ2v) is 9.79. The summed E-state index contributed by atoms with van der Waals surface area (Å²) in [4.78, 5) is 5.21. The molecule has 0 spiro atoms. The molecule has 2 aliphatic rings. The van der Waals surface area contributed by atoms with Crippen molar-refractivity contribution in [3.63, 3.8) is 0 Å². The predicted octanol–water partition coefficient (Wildman–Crippen LogP) is 6.28. The molecule has 1 unspecified atom stereocenters. The van der Waals surface area contributed by atoms with E-state index >= 15 is 0 Å². The van der Waals surface area contributed by atoms with E-state index in [1.165, 1.54) is 12.8 Å². The maximum absolute atomic E-state index is 10.3. The van der Waals surface area contributed by atoms with E-state index < -0.39 is 0 Å². The van der Waals surface area contributed by atoms with Crippen LogP contribution in [-0.4, -0.2) is 64.9 Å². The zero-order chi connectivity index (χ0) is 25.9. The molecule has 194 valence electrons. The summed E-state index contributed by atoms with van der Waals surface area (Å²) in [5.74, 6) is 0.239.